The monoisotopic (exact) mass is 439 g/mol. The van der Waals surface area contributed by atoms with Gasteiger partial charge in [0.15, 0.2) is 11.5 Å². The van der Waals surface area contributed by atoms with Crippen molar-refractivity contribution in [1.82, 2.24) is 14.9 Å². The molecule has 5 rings (SSSR count). The molecule has 1 aromatic heterocycles. The number of nitrogens with one attached hydrogen (secondary N) is 1. The van der Waals surface area contributed by atoms with Crippen LogP contribution in [0.1, 0.15) is 28.2 Å². The van der Waals surface area contributed by atoms with Gasteiger partial charge in [-0.15, -0.1) is 0 Å². The highest BCUT2D eigenvalue weighted by atomic mass is 16.5. The van der Waals surface area contributed by atoms with E-state index in [1.807, 2.05) is 24.3 Å². The molecule has 3 aromatic carbocycles. The summed E-state index contributed by atoms with van der Waals surface area (Å²) in [5, 5.41) is 0. The number of benzene rings is 3. The SMILES string of the molecule is O=C(c1ccc2c(c1)OCCCO2)N(Cc1ccc(-c2ccccc2)cc1)Cc1ncc[nH]1. The summed E-state index contributed by atoms with van der Waals surface area (Å²) in [7, 11) is 0. The zero-order valence-corrected chi connectivity index (χ0v) is 18.2. The predicted octanol–water partition coefficient (Wildman–Crippen LogP) is 5.08. The van der Waals surface area contributed by atoms with E-state index < -0.39 is 0 Å². The van der Waals surface area contributed by atoms with Crippen molar-refractivity contribution in [3.05, 3.63) is 102 Å². The van der Waals surface area contributed by atoms with Crippen LogP contribution >= 0.6 is 0 Å². The van der Waals surface area contributed by atoms with E-state index in [4.69, 9.17) is 9.47 Å². The number of nitrogens with zero attached hydrogens (tertiary/aromatic N) is 2. The van der Waals surface area contributed by atoms with Crippen molar-refractivity contribution < 1.29 is 14.3 Å². The third-order valence-corrected chi connectivity index (χ3v) is 5.61. The van der Waals surface area contributed by atoms with Gasteiger partial charge in [0.25, 0.3) is 5.91 Å². The first-order valence-electron chi connectivity index (χ1n) is 11.1. The van der Waals surface area contributed by atoms with Gasteiger partial charge in [-0.05, 0) is 34.9 Å². The summed E-state index contributed by atoms with van der Waals surface area (Å²) < 4.78 is 11.5. The van der Waals surface area contributed by atoms with E-state index in [2.05, 4.69) is 46.4 Å². The highest BCUT2D eigenvalue weighted by molar-refractivity contribution is 5.95. The van der Waals surface area contributed by atoms with Gasteiger partial charge in [-0.3, -0.25) is 4.79 Å². The molecule has 33 heavy (non-hydrogen) atoms. The molecule has 0 radical (unpaired) electrons. The molecular weight excluding hydrogens is 414 g/mol. The second kappa shape index (κ2) is 9.61. The van der Waals surface area contributed by atoms with Gasteiger partial charge in [0.1, 0.15) is 5.82 Å². The highest BCUT2D eigenvalue weighted by Gasteiger charge is 2.20. The minimum Gasteiger partial charge on any atom is -0.490 e. The van der Waals surface area contributed by atoms with Gasteiger partial charge >= 0.3 is 0 Å². The number of rotatable bonds is 6. The molecule has 1 N–H and O–H groups in total. The number of aromatic amines is 1. The highest BCUT2D eigenvalue weighted by Crippen LogP contribution is 2.31. The van der Waals surface area contributed by atoms with Crippen LogP contribution in [-0.4, -0.2) is 34.0 Å². The van der Waals surface area contributed by atoms with Crippen LogP contribution < -0.4 is 9.47 Å². The molecule has 0 atom stereocenters. The van der Waals surface area contributed by atoms with Crippen LogP contribution in [0, 0.1) is 0 Å². The molecule has 0 bridgehead atoms. The summed E-state index contributed by atoms with van der Waals surface area (Å²) in [5.41, 5.74) is 3.92. The van der Waals surface area contributed by atoms with E-state index in [9.17, 15) is 4.79 Å². The Morgan fingerprint density at radius 2 is 1.64 bits per heavy atom. The topological polar surface area (TPSA) is 67.5 Å². The van der Waals surface area contributed by atoms with Gasteiger partial charge in [0, 0.05) is 30.9 Å². The maximum absolute atomic E-state index is 13.5. The molecule has 0 fully saturated rings. The lowest BCUT2D eigenvalue weighted by molar-refractivity contribution is 0.0725. The first-order chi connectivity index (χ1) is 16.3. The number of hydrogen-bond acceptors (Lipinski definition) is 4. The van der Waals surface area contributed by atoms with Crippen LogP contribution in [0.5, 0.6) is 11.5 Å². The molecular formula is C27H25N3O3. The zero-order chi connectivity index (χ0) is 22.5. The van der Waals surface area contributed by atoms with E-state index in [0.717, 1.165) is 23.4 Å². The van der Waals surface area contributed by atoms with Crippen LogP contribution in [0.3, 0.4) is 0 Å². The molecule has 2 heterocycles. The van der Waals surface area contributed by atoms with Crippen molar-refractivity contribution in [3.8, 4) is 22.6 Å². The Morgan fingerprint density at radius 3 is 2.39 bits per heavy atom. The number of ether oxygens (including phenoxy) is 2. The van der Waals surface area contributed by atoms with Crippen molar-refractivity contribution in [2.24, 2.45) is 0 Å². The lowest BCUT2D eigenvalue weighted by Crippen LogP contribution is -2.30. The summed E-state index contributed by atoms with van der Waals surface area (Å²) in [6.07, 6.45) is 4.28. The fourth-order valence-electron chi connectivity index (χ4n) is 3.90. The van der Waals surface area contributed by atoms with Crippen molar-refractivity contribution in [3.63, 3.8) is 0 Å². The van der Waals surface area contributed by atoms with Crippen LogP contribution in [0.25, 0.3) is 11.1 Å². The minimum absolute atomic E-state index is 0.0887. The molecule has 6 nitrogen and oxygen atoms in total. The van der Waals surface area contributed by atoms with Crippen molar-refractivity contribution in [2.45, 2.75) is 19.5 Å². The molecule has 1 amide bonds. The summed E-state index contributed by atoms with van der Waals surface area (Å²) in [5.74, 6) is 1.94. The number of hydrogen-bond donors (Lipinski definition) is 1. The third-order valence-electron chi connectivity index (χ3n) is 5.61. The predicted molar refractivity (Wildman–Crippen MR) is 126 cm³/mol. The molecule has 0 unspecified atom stereocenters. The van der Waals surface area contributed by atoms with Gasteiger partial charge in [-0.1, -0.05) is 54.6 Å². The van der Waals surface area contributed by atoms with Crippen LogP contribution in [0.4, 0.5) is 0 Å². The van der Waals surface area contributed by atoms with Crippen LogP contribution in [0.2, 0.25) is 0 Å². The molecule has 166 valence electrons. The molecule has 4 aromatic rings. The van der Waals surface area contributed by atoms with Gasteiger partial charge in [0.2, 0.25) is 0 Å². The Labute approximate surface area is 192 Å². The lowest BCUT2D eigenvalue weighted by Gasteiger charge is -2.23. The van der Waals surface area contributed by atoms with E-state index in [0.29, 0.717) is 43.4 Å². The molecule has 0 saturated heterocycles. The molecule has 6 heteroatoms. The number of aromatic nitrogens is 2. The molecule has 0 saturated carbocycles. The standard InChI is InChI=1S/C27H25N3O3/c31-27(23-11-12-24-25(17-23)33-16-4-15-32-24)30(19-26-28-13-14-29-26)18-20-7-9-22(10-8-20)21-5-2-1-3-6-21/h1-3,5-14,17H,4,15-16,18-19H2,(H,28,29). The maximum atomic E-state index is 13.5. The Kier molecular flexibility index (Phi) is 6.06. The number of amides is 1. The minimum atomic E-state index is -0.0887. The number of imidazole rings is 1. The van der Waals surface area contributed by atoms with Gasteiger partial charge in [-0.25, -0.2) is 4.98 Å². The first kappa shape index (κ1) is 20.8. The fourth-order valence-corrected chi connectivity index (χ4v) is 3.90. The Hall–Kier alpha value is -4.06. The normalized spacial score (nSPS) is 12.7. The smallest absolute Gasteiger partial charge is 0.254 e. The Morgan fingerprint density at radius 1 is 0.879 bits per heavy atom. The molecule has 0 aliphatic carbocycles. The van der Waals surface area contributed by atoms with Gasteiger partial charge in [0.05, 0.1) is 19.8 Å². The van der Waals surface area contributed by atoms with E-state index >= 15 is 0 Å². The fraction of sp³-hybridized carbons (Fsp3) is 0.185. The average molecular weight is 440 g/mol. The van der Waals surface area contributed by atoms with Crippen molar-refractivity contribution >= 4 is 5.91 Å². The molecule has 1 aliphatic rings. The number of H-pyrrole nitrogens is 1. The number of fused-ring (bicyclic) bond motifs is 1. The summed E-state index contributed by atoms with van der Waals surface area (Å²) in [4.78, 5) is 22.7. The summed E-state index contributed by atoms with van der Waals surface area (Å²) in [6, 6.07) is 23.9. The number of carbonyl (C=O) groups excluding carboxylic acids is 1. The second-order valence-corrected chi connectivity index (χ2v) is 7.97. The second-order valence-electron chi connectivity index (χ2n) is 7.97. The number of carbonyl (C=O) groups is 1. The largest absolute Gasteiger partial charge is 0.490 e. The van der Waals surface area contributed by atoms with Crippen LogP contribution in [0.15, 0.2) is 85.2 Å². The zero-order valence-electron chi connectivity index (χ0n) is 18.2. The lowest BCUT2D eigenvalue weighted by atomic mass is 10.0. The van der Waals surface area contributed by atoms with E-state index in [-0.39, 0.29) is 5.91 Å². The summed E-state index contributed by atoms with van der Waals surface area (Å²) >= 11 is 0. The van der Waals surface area contributed by atoms with Gasteiger partial charge < -0.3 is 19.4 Å². The molecule has 0 spiro atoms. The maximum Gasteiger partial charge on any atom is 0.254 e. The Balaban J connectivity index is 1.39. The summed E-state index contributed by atoms with van der Waals surface area (Å²) in [6.45, 7) is 2.03. The van der Waals surface area contributed by atoms with Crippen LogP contribution in [-0.2, 0) is 13.1 Å². The van der Waals surface area contributed by atoms with E-state index in [1.54, 1.807) is 29.4 Å². The quantitative estimate of drug-likeness (QED) is 0.455. The van der Waals surface area contributed by atoms with E-state index in [1.165, 1.54) is 5.56 Å². The average Bonchev–Trinajstić information content (AvgIpc) is 3.26. The molecule has 1 aliphatic heterocycles. The van der Waals surface area contributed by atoms with Crippen molar-refractivity contribution in [1.29, 1.82) is 0 Å². The Bertz CT molecular complexity index is 1210. The van der Waals surface area contributed by atoms with Crippen molar-refractivity contribution in [2.75, 3.05) is 13.2 Å². The third kappa shape index (κ3) is 4.90. The van der Waals surface area contributed by atoms with Gasteiger partial charge in [-0.2, -0.15) is 0 Å². The first-order valence-corrected chi connectivity index (χ1v) is 11.1.